The molecule has 0 radical (unpaired) electrons. The van der Waals surface area contributed by atoms with Crippen molar-refractivity contribution in [3.8, 4) is 0 Å². The van der Waals surface area contributed by atoms with Crippen LogP contribution >= 0.6 is 11.6 Å². The standard InChI is InChI=1S/C14H17ClFN3O2/c1-21-8-6-17-13(20)5-7-19-11-4-2-3-10(16)14(11)18-12(19)9-15/h2-4H,5-9H2,1H3,(H,17,20). The number of amides is 1. The van der Waals surface area contributed by atoms with Gasteiger partial charge in [0, 0.05) is 26.6 Å². The van der Waals surface area contributed by atoms with Crippen LogP contribution in [0, 0.1) is 5.82 Å². The van der Waals surface area contributed by atoms with Crippen molar-refractivity contribution in [2.75, 3.05) is 20.3 Å². The van der Waals surface area contributed by atoms with Crippen molar-refractivity contribution in [1.29, 1.82) is 0 Å². The number of carbonyl (C=O) groups is 1. The summed E-state index contributed by atoms with van der Waals surface area (Å²) in [5, 5.41) is 2.74. The lowest BCUT2D eigenvalue weighted by Gasteiger charge is -2.08. The number of carbonyl (C=O) groups excluding carboxylic acids is 1. The van der Waals surface area contributed by atoms with Gasteiger partial charge in [-0.05, 0) is 12.1 Å². The molecule has 0 spiro atoms. The van der Waals surface area contributed by atoms with Gasteiger partial charge in [-0.1, -0.05) is 6.07 Å². The smallest absolute Gasteiger partial charge is 0.221 e. The van der Waals surface area contributed by atoms with Gasteiger partial charge in [-0.25, -0.2) is 9.37 Å². The highest BCUT2D eigenvalue weighted by Crippen LogP contribution is 2.20. The predicted octanol–water partition coefficient (Wildman–Crippen LogP) is 2.07. The Hall–Kier alpha value is -1.66. The number of hydrogen-bond donors (Lipinski definition) is 1. The van der Waals surface area contributed by atoms with E-state index in [1.165, 1.54) is 6.07 Å². The van der Waals surface area contributed by atoms with Crippen molar-refractivity contribution in [2.24, 2.45) is 0 Å². The van der Waals surface area contributed by atoms with Crippen LogP contribution < -0.4 is 5.32 Å². The van der Waals surface area contributed by atoms with Gasteiger partial charge in [-0.3, -0.25) is 4.79 Å². The van der Waals surface area contributed by atoms with Gasteiger partial charge in [0.1, 0.15) is 11.3 Å². The number of methoxy groups -OCH3 is 1. The molecule has 0 saturated carbocycles. The highest BCUT2D eigenvalue weighted by molar-refractivity contribution is 6.16. The van der Waals surface area contributed by atoms with E-state index in [-0.39, 0.29) is 29.5 Å². The molecule has 0 bridgehead atoms. The van der Waals surface area contributed by atoms with Gasteiger partial charge in [0.25, 0.3) is 0 Å². The van der Waals surface area contributed by atoms with Gasteiger partial charge >= 0.3 is 0 Å². The van der Waals surface area contributed by atoms with E-state index in [1.54, 1.807) is 23.8 Å². The van der Waals surface area contributed by atoms with E-state index >= 15 is 0 Å². The summed E-state index contributed by atoms with van der Waals surface area (Å²) in [5.41, 5.74) is 0.934. The summed E-state index contributed by atoms with van der Waals surface area (Å²) in [7, 11) is 1.57. The summed E-state index contributed by atoms with van der Waals surface area (Å²) >= 11 is 5.85. The van der Waals surface area contributed by atoms with Crippen LogP contribution in [0.15, 0.2) is 18.2 Å². The average molecular weight is 314 g/mol. The fourth-order valence-electron chi connectivity index (χ4n) is 2.11. The first-order valence-corrected chi connectivity index (χ1v) is 7.16. The number of alkyl halides is 1. The van der Waals surface area contributed by atoms with Crippen LogP contribution in [0.1, 0.15) is 12.2 Å². The molecule has 0 aliphatic heterocycles. The van der Waals surface area contributed by atoms with Crippen LogP contribution in [-0.2, 0) is 22.0 Å². The van der Waals surface area contributed by atoms with Crippen molar-refractivity contribution < 1.29 is 13.9 Å². The maximum absolute atomic E-state index is 13.7. The molecule has 0 aliphatic carbocycles. The third kappa shape index (κ3) is 3.71. The minimum Gasteiger partial charge on any atom is -0.383 e. The summed E-state index contributed by atoms with van der Waals surface area (Å²) in [6.45, 7) is 1.34. The zero-order chi connectivity index (χ0) is 15.2. The van der Waals surface area contributed by atoms with Gasteiger partial charge < -0.3 is 14.6 Å². The van der Waals surface area contributed by atoms with E-state index in [0.717, 1.165) is 0 Å². The van der Waals surface area contributed by atoms with Crippen molar-refractivity contribution in [2.45, 2.75) is 18.8 Å². The second kappa shape index (κ2) is 7.38. The Morgan fingerprint density at radius 2 is 2.33 bits per heavy atom. The monoisotopic (exact) mass is 313 g/mol. The number of hydrogen-bond acceptors (Lipinski definition) is 3. The number of rotatable bonds is 7. The highest BCUT2D eigenvalue weighted by atomic mass is 35.5. The number of nitrogens with zero attached hydrogens (tertiary/aromatic N) is 2. The second-order valence-corrected chi connectivity index (χ2v) is 4.78. The number of aryl methyl sites for hydroxylation is 1. The van der Waals surface area contributed by atoms with E-state index in [1.807, 2.05) is 0 Å². The molecule has 0 fully saturated rings. The number of aromatic nitrogens is 2. The predicted molar refractivity (Wildman–Crippen MR) is 78.8 cm³/mol. The van der Waals surface area contributed by atoms with Crippen LogP contribution in [0.25, 0.3) is 11.0 Å². The molecule has 114 valence electrons. The molecule has 21 heavy (non-hydrogen) atoms. The Bertz CT molecular complexity index is 630. The van der Waals surface area contributed by atoms with Gasteiger partial charge in [-0.15, -0.1) is 11.6 Å². The molecule has 1 aromatic heterocycles. The van der Waals surface area contributed by atoms with Crippen LogP contribution in [0.4, 0.5) is 4.39 Å². The maximum Gasteiger partial charge on any atom is 0.221 e. The molecule has 0 aliphatic rings. The molecule has 5 nitrogen and oxygen atoms in total. The third-order valence-electron chi connectivity index (χ3n) is 3.12. The molecule has 1 amide bonds. The number of ether oxygens (including phenoxy) is 1. The van der Waals surface area contributed by atoms with Gasteiger partial charge in [0.2, 0.25) is 5.91 Å². The summed E-state index contributed by atoms with van der Waals surface area (Å²) < 4.78 is 20.3. The van der Waals surface area contributed by atoms with Crippen LogP contribution in [0.2, 0.25) is 0 Å². The quantitative estimate of drug-likeness (QED) is 0.629. The fourth-order valence-corrected chi connectivity index (χ4v) is 2.31. The molecule has 2 rings (SSSR count). The summed E-state index contributed by atoms with van der Waals surface area (Å²) in [5.74, 6) is 0.244. The zero-order valence-corrected chi connectivity index (χ0v) is 12.5. The Kier molecular flexibility index (Phi) is 5.52. The zero-order valence-electron chi connectivity index (χ0n) is 11.7. The largest absolute Gasteiger partial charge is 0.383 e. The van der Waals surface area contributed by atoms with Gasteiger partial charge in [0.15, 0.2) is 5.82 Å². The van der Waals surface area contributed by atoms with Crippen LogP contribution in [0.3, 0.4) is 0 Å². The molecule has 0 saturated heterocycles. The SMILES string of the molecule is COCCNC(=O)CCn1c(CCl)nc2c(F)cccc21. The molecule has 1 N–H and O–H groups in total. The lowest BCUT2D eigenvalue weighted by molar-refractivity contribution is -0.121. The Balaban J connectivity index is 2.10. The Morgan fingerprint density at radius 1 is 1.52 bits per heavy atom. The molecular formula is C14H17ClFN3O2. The number of imidazole rings is 1. The summed E-state index contributed by atoms with van der Waals surface area (Å²) in [4.78, 5) is 15.9. The molecule has 1 aromatic carbocycles. The molecule has 0 atom stereocenters. The minimum atomic E-state index is -0.387. The van der Waals surface area contributed by atoms with Crippen molar-refractivity contribution in [1.82, 2.24) is 14.9 Å². The number of halogens is 2. The lowest BCUT2D eigenvalue weighted by Crippen LogP contribution is -2.27. The maximum atomic E-state index is 13.7. The van der Waals surface area contributed by atoms with Crippen LogP contribution in [-0.4, -0.2) is 35.7 Å². The molecule has 2 aromatic rings. The third-order valence-corrected chi connectivity index (χ3v) is 3.36. The van der Waals surface area contributed by atoms with E-state index in [9.17, 15) is 9.18 Å². The normalized spacial score (nSPS) is 11.0. The first-order chi connectivity index (χ1) is 10.2. The van der Waals surface area contributed by atoms with E-state index in [2.05, 4.69) is 10.3 Å². The summed E-state index contributed by atoms with van der Waals surface area (Å²) in [6, 6.07) is 4.74. The fraction of sp³-hybridized carbons (Fsp3) is 0.429. The van der Waals surface area contributed by atoms with Gasteiger partial charge in [-0.2, -0.15) is 0 Å². The lowest BCUT2D eigenvalue weighted by atomic mass is 10.3. The molecular weight excluding hydrogens is 297 g/mol. The average Bonchev–Trinajstić information content (AvgIpc) is 2.85. The van der Waals surface area contributed by atoms with Gasteiger partial charge in [0.05, 0.1) is 18.0 Å². The molecule has 1 heterocycles. The minimum absolute atomic E-state index is 0.0918. The first kappa shape index (κ1) is 15.7. The molecule has 7 heteroatoms. The molecule has 0 unspecified atom stereocenters. The number of fused-ring (bicyclic) bond motifs is 1. The highest BCUT2D eigenvalue weighted by Gasteiger charge is 2.13. The van der Waals surface area contributed by atoms with E-state index in [4.69, 9.17) is 16.3 Å². The number of benzene rings is 1. The summed E-state index contributed by atoms with van der Waals surface area (Å²) in [6.07, 6.45) is 0.273. The van der Waals surface area contributed by atoms with Crippen molar-refractivity contribution in [3.63, 3.8) is 0 Å². The number of nitrogens with one attached hydrogen (secondary N) is 1. The van der Waals surface area contributed by atoms with E-state index in [0.29, 0.717) is 31.0 Å². The van der Waals surface area contributed by atoms with Crippen molar-refractivity contribution in [3.05, 3.63) is 29.8 Å². The number of para-hydroxylation sites is 1. The van der Waals surface area contributed by atoms with Crippen molar-refractivity contribution >= 4 is 28.5 Å². The van der Waals surface area contributed by atoms with Crippen LogP contribution in [0.5, 0.6) is 0 Å². The first-order valence-electron chi connectivity index (χ1n) is 6.62. The topological polar surface area (TPSA) is 56.1 Å². The van der Waals surface area contributed by atoms with E-state index < -0.39 is 0 Å². The Labute approximate surface area is 127 Å². The Morgan fingerprint density at radius 3 is 3.05 bits per heavy atom. The second-order valence-electron chi connectivity index (χ2n) is 4.51.